The summed E-state index contributed by atoms with van der Waals surface area (Å²) in [6.45, 7) is 7.57. The van der Waals surface area contributed by atoms with Crippen molar-refractivity contribution in [2.24, 2.45) is 23.4 Å². The second kappa shape index (κ2) is 11.4. The van der Waals surface area contributed by atoms with E-state index in [1.54, 1.807) is 0 Å². The Labute approximate surface area is 166 Å². The van der Waals surface area contributed by atoms with Crippen molar-refractivity contribution in [1.82, 2.24) is 16.1 Å². The minimum absolute atomic E-state index is 0.187. The first-order chi connectivity index (χ1) is 13.1. The number of benzene rings is 1. The molecular weight excluding hydrogens is 358 g/mol. The standard InChI is InChI=1S/C20H33N5O3/c1-12(2)10-15(21)18(26)24-17(13(3)4)20(28)23-16(19(27)25-22)11-14-8-6-5-7-9-14/h5-9,12-13,15-17H,10-11,21-22H2,1-4H3,(H,23,28)(H,24,26)(H,25,27)/t15-,16-,17-/m1/s1. The Kier molecular flexibility index (Phi) is 9.61. The van der Waals surface area contributed by atoms with Crippen LogP contribution in [0.3, 0.4) is 0 Å². The molecule has 0 aliphatic heterocycles. The lowest BCUT2D eigenvalue weighted by molar-refractivity contribution is -0.133. The number of amides is 3. The molecule has 1 aromatic carbocycles. The second-order valence-electron chi connectivity index (χ2n) is 7.73. The summed E-state index contributed by atoms with van der Waals surface area (Å²) in [4.78, 5) is 37.3. The molecule has 0 spiro atoms. The highest BCUT2D eigenvalue weighted by Gasteiger charge is 2.30. The molecular formula is C20H33N5O3. The Morgan fingerprint density at radius 1 is 0.929 bits per heavy atom. The molecule has 7 N–H and O–H groups in total. The van der Waals surface area contributed by atoms with Gasteiger partial charge in [0.1, 0.15) is 12.1 Å². The van der Waals surface area contributed by atoms with Gasteiger partial charge in [-0.2, -0.15) is 0 Å². The van der Waals surface area contributed by atoms with E-state index in [4.69, 9.17) is 11.6 Å². The van der Waals surface area contributed by atoms with Gasteiger partial charge in [-0.25, -0.2) is 5.84 Å². The van der Waals surface area contributed by atoms with Gasteiger partial charge in [-0.1, -0.05) is 58.0 Å². The van der Waals surface area contributed by atoms with Crippen LogP contribution in [0.25, 0.3) is 0 Å². The van der Waals surface area contributed by atoms with E-state index in [0.29, 0.717) is 6.42 Å². The van der Waals surface area contributed by atoms with Crippen molar-refractivity contribution < 1.29 is 14.4 Å². The second-order valence-corrected chi connectivity index (χ2v) is 7.73. The Hall–Kier alpha value is -2.45. The van der Waals surface area contributed by atoms with Crippen molar-refractivity contribution in [2.75, 3.05) is 0 Å². The van der Waals surface area contributed by atoms with Gasteiger partial charge in [0.25, 0.3) is 5.91 Å². The fourth-order valence-corrected chi connectivity index (χ4v) is 2.83. The number of hydrazine groups is 1. The highest BCUT2D eigenvalue weighted by molar-refractivity contribution is 5.93. The molecule has 0 radical (unpaired) electrons. The van der Waals surface area contributed by atoms with E-state index in [0.717, 1.165) is 5.56 Å². The van der Waals surface area contributed by atoms with E-state index in [1.807, 2.05) is 58.0 Å². The summed E-state index contributed by atoms with van der Waals surface area (Å²) in [5.41, 5.74) is 8.87. The summed E-state index contributed by atoms with van der Waals surface area (Å²) in [5.74, 6) is 3.99. The smallest absolute Gasteiger partial charge is 0.256 e. The maximum Gasteiger partial charge on any atom is 0.256 e. The summed E-state index contributed by atoms with van der Waals surface area (Å²) < 4.78 is 0. The molecule has 0 aliphatic carbocycles. The zero-order chi connectivity index (χ0) is 21.3. The molecule has 8 nitrogen and oxygen atoms in total. The molecule has 0 heterocycles. The van der Waals surface area contributed by atoms with Gasteiger partial charge in [-0.15, -0.1) is 0 Å². The van der Waals surface area contributed by atoms with Gasteiger partial charge in [0.15, 0.2) is 0 Å². The van der Waals surface area contributed by atoms with Crippen LogP contribution in [-0.2, 0) is 20.8 Å². The van der Waals surface area contributed by atoms with Crippen molar-refractivity contribution in [3.8, 4) is 0 Å². The number of nitrogens with two attached hydrogens (primary N) is 2. The minimum Gasteiger partial charge on any atom is -0.343 e. The highest BCUT2D eigenvalue weighted by atomic mass is 16.2. The van der Waals surface area contributed by atoms with Gasteiger partial charge in [0.2, 0.25) is 11.8 Å². The van der Waals surface area contributed by atoms with Crippen LogP contribution in [0.2, 0.25) is 0 Å². The topological polar surface area (TPSA) is 139 Å². The van der Waals surface area contributed by atoms with E-state index in [-0.39, 0.29) is 24.2 Å². The number of hydrogen-bond acceptors (Lipinski definition) is 5. The first kappa shape index (κ1) is 23.6. The number of rotatable bonds is 10. The third-order valence-corrected chi connectivity index (χ3v) is 4.37. The molecule has 0 fully saturated rings. The molecule has 3 atom stereocenters. The minimum atomic E-state index is -0.859. The predicted octanol–water partition coefficient (Wildman–Crippen LogP) is 0.218. The van der Waals surface area contributed by atoms with E-state index in [1.165, 1.54) is 0 Å². The van der Waals surface area contributed by atoms with Crippen LogP contribution in [0.1, 0.15) is 39.7 Å². The molecule has 3 amide bonds. The number of carbonyl (C=O) groups excluding carboxylic acids is 3. The van der Waals surface area contributed by atoms with Gasteiger partial charge < -0.3 is 16.4 Å². The Balaban J connectivity index is 2.85. The van der Waals surface area contributed by atoms with Crippen molar-refractivity contribution in [3.63, 3.8) is 0 Å². The summed E-state index contributed by atoms with van der Waals surface area (Å²) >= 11 is 0. The van der Waals surface area contributed by atoms with Gasteiger partial charge >= 0.3 is 0 Å². The fraction of sp³-hybridized carbons (Fsp3) is 0.550. The Bertz CT molecular complexity index is 649. The molecule has 0 unspecified atom stereocenters. The molecule has 28 heavy (non-hydrogen) atoms. The Morgan fingerprint density at radius 2 is 1.54 bits per heavy atom. The monoisotopic (exact) mass is 391 g/mol. The van der Waals surface area contributed by atoms with Crippen molar-refractivity contribution >= 4 is 17.7 Å². The van der Waals surface area contributed by atoms with Crippen LogP contribution < -0.4 is 27.6 Å². The zero-order valence-corrected chi connectivity index (χ0v) is 17.1. The number of carbonyl (C=O) groups is 3. The van der Waals surface area contributed by atoms with Crippen LogP contribution >= 0.6 is 0 Å². The van der Waals surface area contributed by atoms with E-state index in [9.17, 15) is 14.4 Å². The van der Waals surface area contributed by atoms with Crippen LogP contribution in [0.15, 0.2) is 30.3 Å². The maximum atomic E-state index is 12.8. The zero-order valence-electron chi connectivity index (χ0n) is 17.1. The third kappa shape index (κ3) is 7.66. The van der Waals surface area contributed by atoms with Gasteiger partial charge in [0, 0.05) is 6.42 Å². The molecule has 0 aromatic heterocycles. The summed E-state index contributed by atoms with van der Waals surface area (Å²) in [5, 5.41) is 5.40. The molecule has 1 rings (SSSR count). The van der Waals surface area contributed by atoms with Gasteiger partial charge in [-0.05, 0) is 23.8 Å². The van der Waals surface area contributed by atoms with E-state index < -0.39 is 29.9 Å². The van der Waals surface area contributed by atoms with Gasteiger partial charge in [-0.3, -0.25) is 19.8 Å². The fourth-order valence-electron chi connectivity index (χ4n) is 2.83. The molecule has 0 aliphatic rings. The molecule has 156 valence electrons. The van der Waals surface area contributed by atoms with Gasteiger partial charge in [0.05, 0.1) is 6.04 Å². The normalized spacial score (nSPS) is 14.3. The average molecular weight is 392 g/mol. The van der Waals surface area contributed by atoms with Crippen molar-refractivity contribution in [3.05, 3.63) is 35.9 Å². The number of nitrogens with one attached hydrogen (secondary N) is 3. The third-order valence-electron chi connectivity index (χ3n) is 4.37. The van der Waals surface area contributed by atoms with Crippen LogP contribution in [0, 0.1) is 11.8 Å². The van der Waals surface area contributed by atoms with Crippen LogP contribution in [0.4, 0.5) is 0 Å². The SMILES string of the molecule is CC(C)C[C@@H](N)C(=O)N[C@@H](C(=O)N[C@H](Cc1ccccc1)C(=O)NN)C(C)C. The molecule has 0 saturated heterocycles. The first-order valence-corrected chi connectivity index (χ1v) is 9.56. The molecule has 0 saturated carbocycles. The lowest BCUT2D eigenvalue weighted by Crippen LogP contribution is -2.58. The summed E-state index contributed by atoms with van der Waals surface area (Å²) in [6, 6.07) is 6.91. The molecule has 8 heteroatoms. The largest absolute Gasteiger partial charge is 0.343 e. The lowest BCUT2D eigenvalue weighted by Gasteiger charge is -2.26. The van der Waals surface area contributed by atoms with Crippen LogP contribution in [-0.4, -0.2) is 35.8 Å². The first-order valence-electron chi connectivity index (χ1n) is 9.56. The van der Waals surface area contributed by atoms with Crippen molar-refractivity contribution in [2.45, 2.75) is 58.7 Å². The van der Waals surface area contributed by atoms with E-state index >= 15 is 0 Å². The quantitative estimate of drug-likeness (QED) is 0.220. The lowest BCUT2D eigenvalue weighted by atomic mass is 9.99. The summed E-state index contributed by atoms with van der Waals surface area (Å²) in [7, 11) is 0. The maximum absolute atomic E-state index is 12.8. The van der Waals surface area contributed by atoms with Crippen molar-refractivity contribution in [1.29, 1.82) is 0 Å². The molecule has 0 bridgehead atoms. The summed E-state index contributed by atoms with van der Waals surface area (Å²) in [6.07, 6.45) is 0.797. The number of hydrogen-bond donors (Lipinski definition) is 5. The molecule has 1 aromatic rings. The van der Waals surface area contributed by atoms with Crippen LogP contribution in [0.5, 0.6) is 0 Å². The highest BCUT2D eigenvalue weighted by Crippen LogP contribution is 2.08. The van der Waals surface area contributed by atoms with E-state index in [2.05, 4.69) is 16.1 Å². The Morgan fingerprint density at radius 3 is 2.04 bits per heavy atom. The predicted molar refractivity (Wildman–Crippen MR) is 109 cm³/mol. The average Bonchev–Trinajstić information content (AvgIpc) is 2.64.